The molecule has 1 N–H and O–H groups in total. The molecule has 19 heavy (non-hydrogen) atoms. The van der Waals surface area contributed by atoms with E-state index in [9.17, 15) is 4.39 Å². The molecule has 0 saturated heterocycles. The normalized spacial score (nSPS) is 10.5. The van der Waals surface area contributed by atoms with Crippen LogP contribution in [-0.2, 0) is 6.54 Å². The fraction of sp³-hybridized carbons (Fsp3) is 0.250. The van der Waals surface area contributed by atoms with E-state index < -0.39 is 0 Å². The third-order valence-electron chi connectivity index (χ3n) is 3.01. The number of ether oxygens (including phenoxy) is 1. The van der Waals surface area contributed by atoms with Crippen LogP contribution in [0.1, 0.15) is 12.5 Å². The van der Waals surface area contributed by atoms with Crippen molar-refractivity contribution in [2.24, 2.45) is 0 Å². The van der Waals surface area contributed by atoms with Gasteiger partial charge in [-0.15, -0.1) is 0 Å². The Hall–Kier alpha value is -1.87. The number of hydrogen-bond donors (Lipinski definition) is 1. The number of nitrogens with one attached hydrogen (secondary N) is 1. The van der Waals surface area contributed by atoms with Crippen molar-refractivity contribution in [1.29, 1.82) is 0 Å². The van der Waals surface area contributed by atoms with Crippen molar-refractivity contribution in [2.75, 3.05) is 13.7 Å². The summed E-state index contributed by atoms with van der Waals surface area (Å²) in [6.07, 6.45) is 0. The van der Waals surface area contributed by atoms with E-state index >= 15 is 0 Å². The zero-order chi connectivity index (χ0) is 13.7. The van der Waals surface area contributed by atoms with E-state index in [1.807, 2.05) is 37.3 Å². The standard InChI is InChI=1S/C16H18FNO/c1-3-18-11-14-9-13(7-8-16(14)17)12-5-4-6-15(10-12)19-2/h4-10,18H,3,11H2,1-2H3. The Kier molecular flexibility index (Phi) is 4.53. The molecular formula is C16H18FNO. The van der Waals surface area contributed by atoms with Gasteiger partial charge in [-0.1, -0.05) is 25.1 Å². The molecule has 2 aromatic rings. The number of halogens is 1. The van der Waals surface area contributed by atoms with Gasteiger partial charge in [-0.05, 0) is 41.9 Å². The van der Waals surface area contributed by atoms with E-state index in [1.165, 1.54) is 6.07 Å². The molecule has 0 aromatic heterocycles. The smallest absolute Gasteiger partial charge is 0.127 e. The number of hydrogen-bond acceptors (Lipinski definition) is 2. The molecule has 0 radical (unpaired) electrons. The van der Waals surface area contributed by atoms with Crippen LogP contribution in [0.2, 0.25) is 0 Å². The average molecular weight is 259 g/mol. The fourth-order valence-corrected chi connectivity index (χ4v) is 1.95. The predicted octanol–water partition coefficient (Wildman–Crippen LogP) is 3.61. The molecule has 0 amide bonds. The van der Waals surface area contributed by atoms with Crippen molar-refractivity contribution in [3.8, 4) is 16.9 Å². The van der Waals surface area contributed by atoms with Gasteiger partial charge in [0.15, 0.2) is 0 Å². The van der Waals surface area contributed by atoms with E-state index in [4.69, 9.17) is 4.74 Å². The van der Waals surface area contributed by atoms with Crippen molar-refractivity contribution in [3.63, 3.8) is 0 Å². The molecule has 0 bridgehead atoms. The van der Waals surface area contributed by atoms with Gasteiger partial charge in [-0.3, -0.25) is 0 Å². The summed E-state index contributed by atoms with van der Waals surface area (Å²) in [4.78, 5) is 0. The maximum Gasteiger partial charge on any atom is 0.127 e. The summed E-state index contributed by atoms with van der Waals surface area (Å²) in [5.74, 6) is 0.627. The molecular weight excluding hydrogens is 241 g/mol. The van der Waals surface area contributed by atoms with Gasteiger partial charge in [0.05, 0.1) is 7.11 Å². The van der Waals surface area contributed by atoms with Crippen molar-refractivity contribution >= 4 is 0 Å². The lowest BCUT2D eigenvalue weighted by atomic mass is 10.0. The molecule has 100 valence electrons. The first-order valence-corrected chi connectivity index (χ1v) is 6.38. The molecule has 3 heteroatoms. The Bertz CT molecular complexity index is 554. The van der Waals surface area contributed by atoms with Gasteiger partial charge in [0, 0.05) is 12.1 Å². The van der Waals surface area contributed by atoms with E-state index in [0.29, 0.717) is 12.1 Å². The lowest BCUT2D eigenvalue weighted by Crippen LogP contribution is -2.12. The molecule has 0 saturated carbocycles. The summed E-state index contributed by atoms with van der Waals surface area (Å²) in [5, 5.41) is 3.14. The topological polar surface area (TPSA) is 21.3 Å². The van der Waals surface area contributed by atoms with Crippen molar-refractivity contribution in [2.45, 2.75) is 13.5 Å². The molecule has 2 nitrogen and oxygen atoms in total. The molecule has 0 fully saturated rings. The van der Waals surface area contributed by atoms with Gasteiger partial charge < -0.3 is 10.1 Å². The molecule has 2 rings (SSSR count). The molecule has 0 aliphatic rings. The van der Waals surface area contributed by atoms with E-state index in [2.05, 4.69) is 5.32 Å². The first-order chi connectivity index (χ1) is 9.24. The average Bonchev–Trinajstić information content (AvgIpc) is 2.46. The maximum absolute atomic E-state index is 13.7. The second-order valence-electron chi connectivity index (χ2n) is 4.32. The lowest BCUT2D eigenvalue weighted by molar-refractivity contribution is 0.415. The first kappa shape index (κ1) is 13.6. The summed E-state index contributed by atoms with van der Waals surface area (Å²) in [6, 6.07) is 13.0. The minimum Gasteiger partial charge on any atom is -0.497 e. The third-order valence-corrected chi connectivity index (χ3v) is 3.01. The summed E-state index contributed by atoms with van der Waals surface area (Å²) in [6.45, 7) is 3.37. The van der Waals surface area contributed by atoms with Crippen LogP contribution in [0.15, 0.2) is 42.5 Å². The molecule has 0 aliphatic carbocycles. The summed E-state index contributed by atoms with van der Waals surface area (Å²) in [5.41, 5.74) is 2.70. The van der Waals surface area contributed by atoms with Crippen LogP contribution < -0.4 is 10.1 Å². The van der Waals surface area contributed by atoms with Gasteiger partial charge in [-0.25, -0.2) is 4.39 Å². The van der Waals surface area contributed by atoms with E-state index in [1.54, 1.807) is 13.2 Å². The minimum atomic E-state index is -0.174. The predicted molar refractivity (Wildman–Crippen MR) is 75.8 cm³/mol. The molecule has 0 unspecified atom stereocenters. The van der Waals surface area contributed by atoms with Crippen molar-refractivity contribution in [3.05, 3.63) is 53.8 Å². The van der Waals surface area contributed by atoms with Crippen molar-refractivity contribution < 1.29 is 9.13 Å². The molecule has 2 aromatic carbocycles. The Labute approximate surface area is 113 Å². The molecule has 0 spiro atoms. The van der Waals surface area contributed by atoms with Gasteiger partial charge in [0.1, 0.15) is 11.6 Å². The largest absolute Gasteiger partial charge is 0.497 e. The SMILES string of the molecule is CCNCc1cc(-c2cccc(OC)c2)ccc1F. The van der Waals surface area contributed by atoms with Crippen LogP contribution >= 0.6 is 0 Å². The summed E-state index contributed by atoms with van der Waals surface area (Å²) in [7, 11) is 1.64. The van der Waals surface area contributed by atoms with Gasteiger partial charge >= 0.3 is 0 Å². The second kappa shape index (κ2) is 6.34. The summed E-state index contributed by atoms with van der Waals surface area (Å²) < 4.78 is 18.9. The monoisotopic (exact) mass is 259 g/mol. The zero-order valence-corrected chi connectivity index (χ0v) is 11.2. The summed E-state index contributed by atoms with van der Waals surface area (Å²) >= 11 is 0. The van der Waals surface area contributed by atoms with E-state index in [-0.39, 0.29) is 5.82 Å². The number of rotatable bonds is 5. The Morgan fingerprint density at radius 1 is 1.11 bits per heavy atom. The Morgan fingerprint density at radius 3 is 2.63 bits per heavy atom. The minimum absolute atomic E-state index is 0.174. The van der Waals surface area contributed by atoms with Crippen LogP contribution in [-0.4, -0.2) is 13.7 Å². The van der Waals surface area contributed by atoms with E-state index in [0.717, 1.165) is 23.4 Å². The third kappa shape index (κ3) is 3.32. The Morgan fingerprint density at radius 2 is 1.89 bits per heavy atom. The van der Waals surface area contributed by atoms with Crippen LogP contribution in [0.3, 0.4) is 0 Å². The Balaban J connectivity index is 2.33. The highest BCUT2D eigenvalue weighted by atomic mass is 19.1. The van der Waals surface area contributed by atoms with Crippen LogP contribution in [0.4, 0.5) is 4.39 Å². The highest BCUT2D eigenvalue weighted by molar-refractivity contribution is 5.65. The highest BCUT2D eigenvalue weighted by Gasteiger charge is 2.05. The number of benzene rings is 2. The van der Waals surface area contributed by atoms with Crippen LogP contribution in [0, 0.1) is 5.82 Å². The quantitative estimate of drug-likeness (QED) is 0.885. The highest BCUT2D eigenvalue weighted by Crippen LogP contribution is 2.25. The zero-order valence-electron chi connectivity index (χ0n) is 11.2. The number of methoxy groups -OCH3 is 1. The van der Waals surface area contributed by atoms with Crippen molar-refractivity contribution in [1.82, 2.24) is 5.32 Å². The fourth-order valence-electron chi connectivity index (χ4n) is 1.95. The molecule has 0 aliphatic heterocycles. The maximum atomic E-state index is 13.7. The molecule has 0 heterocycles. The first-order valence-electron chi connectivity index (χ1n) is 6.38. The van der Waals surface area contributed by atoms with Gasteiger partial charge in [-0.2, -0.15) is 0 Å². The lowest BCUT2D eigenvalue weighted by Gasteiger charge is -2.09. The second-order valence-corrected chi connectivity index (χ2v) is 4.32. The molecule has 0 atom stereocenters. The van der Waals surface area contributed by atoms with Gasteiger partial charge in [0.2, 0.25) is 0 Å². The van der Waals surface area contributed by atoms with Crippen LogP contribution in [0.5, 0.6) is 5.75 Å². The van der Waals surface area contributed by atoms with Crippen LogP contribution in [0.25, 0.3) is 11.1 Å². The van der Waals surface area contributed by atoms with Gasteiger partial charge in [0.25, 0.3) is 0 Å².